The molecular formula is C43H54ClN9O5. The molecule has 4 amide bonds. The number of tetrazole rings is 1. The summed E-state index contributed by atoms with van der Waals surface area (Å²) in [5.74, 6) is -0.238. The van der Waals surface area contributed by atoms with Gasteiger partial charge in [0.15, 0.2) is 0 Å². The number of nitrogens with one attached hydrogen (secondary N) is 5. The van der Waals surface area contributed by atoms with Gasteiger partial charge in [0.1, 0.15) is 11.6 Å². The number of halogens is 1. The highest BCUT2D eigenvalue weighted by Crippen LogP contribution is 2.33. The molecular weight excluding hydrogens is 758 g/mol. The minimum atomic E-state index is -0.866. The van der Waals surface area contributed by atoms with Crippen LogP contribution >= 0.6 is 11.6 Å². The molecule has 14 nitrogen and oxygen atoms in total. The van der Waals surface area contributed by atoms with E-state index in [9.17, 15) is 19.2 Å². The zero-order chi connectivity index (χ0) is 41.4. The van der Waals surface area contributed by atoms with Crippen LogP contribution in [0.1, 0.15) is 80.8 Å². The molecule has 0 spiro atoms. The van der Waals surface area contributed by atoms with E-state index in [4.69, 9.17) is 16.3 Å². The van der Waals surface area contributed by atoms with Crippen molar-refractivity contribution in [3.8, 4) is 22.5 Å². The lowest BCUT2D eigenvalue weighted by Gasteiger charge is -2.29. The number of ether oxygens (including phenoxy) is 1. The number of hydrogen-bond acceptors (Lipinski definition) is 9. The lowest BCUT2D eigenvalue weighted by atomic mass is 9.81. The van der Waals surface area contributed by atoms with Gasteiger partial charge >= 0.3 is 6.09 Å². The first-order valence-corrected chi connectivity index (χ1v) is 20.4. The van der Waals surface area contributed by atoms with Gasteiger partial charge in [0.2, 0.25) is 17.6 Å². The van der Waals surface area contributed by atoms with E-state index in [2.05, 4.69) is 53.8 Å². The van der Waals surface area contributed by atoms with Crippen molar-refractivity contribution in [3.63, 3.8) is 0 Å². The number of alkyl carbamates (subject to hydrolysis) is 1. The SMILES string of the molecule is Cc1c(C(=O)NC2CCN(C)CC2)ccc(-c2ccc(C[C@H](NC(=O)C3CCC(CNC(=O)OC(C)(C)C)CC3)C(=O)Nc3ccc(-c4nn[nH]n4)cc3)cc2)c1Cl. The number of likely N-dealkylation sites (tertiary alicyclic amines) is 1. The van der Waals surface area contributed by atoms with Crippen LogP contribution in [0.5, 0.6) is 0 Å². The van der Waals surface area contributed by atoms with Crippen LogP contribution in [0.15, 0.2) is 60.7 Å². The fourth-order valence-electron chi connectivity index (χ4n) is 7.51. The van der Waals surface area contributed by atoms with Crippen molar-refractivity contribution < 1.29 is 23.9 Å². The number of aromatic amines is 1. The quantitative estimate of drug-likeness (QED) is 0.109. The molecule has 6 rings (SSSR count). The molecule has 0 radical (unpaired) electrons. The number of rotatable bonds is 12. The number of aromatic nitrogens is 4. The molecule has 308 valence electrons. The maximum atomic E-state index is 13.9. The maximum Gasteiger partial charge on any atom is 0.407 e. The highest BCUT2D eigenvalue weighted by Gasteiger charge is 2.31. The van der Waals surface area contributed by atoms with Crippen LogP contribution in [0, 0.1) is 18.8 Å². The number of carbonyl (C=O) groups is 4. The van der Waals surface area contributed by atoms with Crippen molar-refractivity contribution in [1.29, 1.82) is 0 Å². The fourth-order valence-corrected chi connectivity index (χ4v) is 7.79. The smallest absolute Gasteiger partial charge is 0.407 e. The summed E-state index contributed by atoms with van der Waals surface area (Å²) in [6, 6.07) is 17.8. The third-order valence-corrected chi connectivity index (χ3v) is 11.4. The minimum Gasteiger partial charge on any atom is -0.444 e. The highest BCUT2D eigenvalue weighted by molar-refractivity contribution is 6.34. The van der Waals surface area contributed by atoms with Crippen molar-refractivity contribution in [2.75, 3.05) is 32.0 Å². The van der Waals surface area contributed by atoms with Crippen molar-refractivity contribution in [2.45, 2.75) is 90.3 Å². The molecule has 5 N–H and O–H groups in total. The van der Waals surface area contributed by atoms with Crippen LogP contribution in [-0.4, -0.2) is 93.7 Å². The summed E-state index contributed by atoms with van der Waals surface area (Å²) >= 11 is 6.89. The van der Waals surface area contributed by atoms with E-state index >= 15 is 0 Å². The van der Waals surface area contributed by atoms with E-state index in [1.165, 1.54) is 0 Å². The van der Waals surface area contributed by atoms with E-state index < -0.39 is 17.7 Å². The summed E-state index contributed by atoms with van der Waals surface area (Å²) < 4.78 is 5.36. The monoisotopic (exact) mass is 811 g/mol. The molecule has 3 aromatic carbocycles. The predicted molar refractivity (Wildman–Crippen MR) is 223 cm³/mol. The average Bonchev–Trinajstić information content (AvgIpc) is 3.74. The minimum absolute atomic E-state index is 0.117. The van der Waals surface area contributed by atoms with Crippen LogP contribution < -0.4 is 21.3 Å². The zero-order valence-corrected chi connectivity index (χ0v) is 34.6. The summed E-state index contributed by atoms with van der Waals surface area (Å²) in [4.78, 5) is 55.2. The van der Waals surface area contributed by atoms with E-state index in [0.717, 1.165) is 61.0 Å². The second-order valence-electron chi connectivity index (χ2n) is 16.5. The largest absolute Gasteiger partial charge is 0.444 e. The second-order valence-corrected chi connectivity index (χ2v) is 16.9. The number of carbonyl (C=O) groups excluding carboxylic acids is 4. The summed E-state index contributed by atoms with van der Waals surface area (Å²) in [6.07, 6.45) is 4.46. The third-order valence-electron chi connectivity index (χ3n) is 10.9. The van der Waals surface area contributed by atoms with Gasteiger partial charge < -0.3 is 30.9 Å². The summed E-state index contributed by atoms with van der Waals surface area (Å²) in [5.41, 5.74) is 4.49. The fraction of sp³-hybridized carbons (Fsp3) is 0.465. The van der Waals surface area contributed by atoms with Gasteiger partial charge in [-0.2, -0.15) is 5.21 Å². The Labute approximate surface area is 344 Å². The number of H-pyrrole nitrogens is 1. The van der Waals surface area contributed by atoms with Crippen molar-refractivity contribution >= 4 is 41.1 Å². The second kappa shape index (κ2) is 18.9. The molecule has 1 atom stereocenters. The molecule has 1 saturated heterocycles. The molecule has 0 unspecified atom stereocenters. The first-order valence-electron chi connectivity index (χ1n) is 20.0. The number of benzene rings is 3. The molecule has 1 aromatic heterocycles. The van der Waals surface area contributed by atoms with Crippen LogP contribution in [0.3, 0.4) is 0 Å². The predicted octanol–water partition coefficient (Wildman–Crippen LogP) is 6.32. The molecule has 2 fully saturated rings. The number of nitrogens with zero attached hydrogens (tertiary/aromatic N) is 4. The maximum absolute atomic E-state index is 13.9. The molecule has 1 aliphatic carbocycles. The molecule has 58 heavy (non-hydrogen) atoms. The summed E-state index contributed by atoms with van der Waals surface area (Å²) in [5, 5.41) is 26.6. The van der Waals surface area contributed by atoms with E-state index in [1.54, 1.807) is 24.3 Å². The van der Waals surface area contributed by atoms with E-state index in [-0.39, 0.29) is 42.0 Å². The third kappa shape index (κ3) is 11.4. The van der Waals surface area contributed by atoms with Crippen LogP contribution in [0.25, 0.3) is 22.5 Å². The first-order chi connectivity index (χ1) is 27.7. The van der Waals surface area contributed by atoms with Crippen LogP contribution in [0.4, 0.5) is 10.5 Å². The molecule has 15 heteroatoms. The molecule has 2 heterocycles. The van der Waals surface area contributed by atoms with Crippen LogP contribution in [-0.2, 0) is 20.7 Å². The Balaban J connectivity index is 1.11. The van der Waals surface area contributed by atoms with Crippen molar-refractivity contribution in [2.24, 2.45) is 11.8 Å². The van der Waals surface area contributed by atoms with Crippen LogP contribution in [0.2, 0.25) is 5.02 Å². The normalized spacial score (nSPS) is 18.2. The van der Waals surface area contributed by atoms with Gasteiger partial charge in [0.05, 0.1) is 5.02 Å². The summed E-state index contributed by atoms with van der Waals surface area (Å²) in [7, 11) is 2.09. The first kappa shape index (κ1) is 42.3. The Morgan fingerprint density at radius 1 is 0.914 bits per heavy atom. The Morgan fingerprint density at radius 3 is 2.22 bits per heavy atom. The van der Waals surface area contributed by atoms with Gasteiger partial charge in [-0.3, -0.25) is 14.4 Å². The lowest BCUT2D eigenvalue weighted by molar-refractivity contribution is -0.130. The van der Waals surface area contributed by atoms with Crippen molar-refractivity contribution in [3.05, 3.63) is 82.4 Å². The molecule has 1 aliphatic heterocycles. The van der Waals surface area contributed by atoms with Gasteiger partial charge in [-0.15, -0.1) is 10.2 Å². The highest BCUT2D eigenvalue weighted by atomic mass is 35.5. The Kier molecular flexibility index (Phi) is 13.8. The molecule has 0 bridgehead atoms. The van der Waals surface area contributed by atoms with E-state index in [1.807, 2.05) is 64.1 Å². The summed E-state index contributed by atoms with van der Waals surface area (Å²) in [6.45, 7) is 9.72. The number of piperidine rings is 1. The number of hydrogen-bond donors (Lipinski definition) is 5. The Bertz CT molecular complexity index is 2040. The zero-order valence-electron chi connectivity index (χ0n) is 33.9. The van der Waals surface area contributed by atoms with Gasteiger partial charge in [0.25, 0.3) is 5.91 Å². The van der Waals surface area contributed by atoms with Gasteiger partial charge in [0, 0.05) is 47.3 Å². The molecule has 2 aliphatic rings. The van der Waals surface area contributed by atoms with Gasteiger partial charge in [-0.1, -0.05) is 41.9 Å². The molecule has 4 aromatic rings. The Morgan fingerprint density at radius 2 is 1.59 bits per heavy atom. The van der Waals surface area contributed by atoms with E-state index in [0.29, 0.717) is 47.0 Å². The standard InChI is InChI=1S/C43H54ClN9O5/c1-26-34(40(55)46-33-20-22-53(5)23-21-33)18-19-35(37(26)44)29-10-6-27(7-11-29)24-36(41(56)47-32-16-14-30(15-17-32)38-49-51-52-50-38)48-39(54)31-12-8-28(9-13-31)25-45-42(57)58-43(2,3)4/h6-7,10-11,14-19,28,31,33,36H,8-9,12-13,20-25H2,1-5H3,(H,45,57)(H,46,55)(H,47,56)(H,48,54)(H,49,50,51,52)/t28?,31?,36-/m0/s1. The topological polar surface area (TPSA) is 183 Å². The van der Waals surface area contributed by atoms with Gasteiger partial charge in [-0.25, -0.2) is 4.79 Å². The Hall–Kier alpha value is -5.34. The number of anilines is 1. The average molecular weight is 812 g/mol. The van der Waals surface area contributed by atoms with Crippen molar-refractivity contribution in [1.82, 2.24) is 41.5 Å². The lowest BCUT2D eigenvalue weighted by Crippen LogP contribution is -2.48. The van der Waals surface area contributed by atoms with Gasteiger partial charge in [-0.05, 0) is 145 Å². The molecule has 1 saturated carbocycles. The number of amides is 4.